The van der Waals surface area contributed by atoms with Crippen LogP contribution in [0.5, 0.6) is 5.75 Å². The molecule has 1 fully saturated rings. The molecule has 1 unspecified atom stereocenters. The Labute approximate surface area is 195 Å². The molecule has 1 amide bonds. The summed E-state index contributed by atoms with van der Waals surface area (Å²) >= 11 is 7.24. The molecule has 1 atom stereocenters. The first-order valence-electron chi connectivity index (χ1n) is 9.75. The number of rotatable bonds is 3. The third kappa shape index (κ3) is 3.63. The maximum absolute atomic E-state index is 13.4. The summed E-state index contributed by atoms with van der Waals surface area (Å²) in [6.07, 6.45) is 0. The molecule has 1 saturated heterocycles. The highest BCUT2D eigenvalue weighted by atomic mass is 35.5. The number of carbonyl (C=O) groups excluding carboxylic acids is 2. The van der Waals surface area contributed by atoms with Crippen molar-refractivity contribution in [3.63, 3.8) is 0 Å². The summed E-state index contributed by atoms with van der Waals surface area (Å²) in [5.41, 5.74) is 0.981. The standard InChI is InChI=1S/C24H14ClFN2O4S/c25-14-6-9-17-18(11-14)33-24(27-17)28-20(13-2-1-3-16(29)10-13)19(22(31)23(28)32)21(30)12-4-7-15(26)8-5-12/h1-11,20,29-30H. The van der Waals surface area contributed by atoms with Crippen molar-refractivity contribution in [1.29, 1.82) is 0 Å². The van der Waals surface area contributed by atoms with E-state index in [1.807, 2.05) is 0 Å². The van der Waals surface area contributed by atoms with Crippen LogP contribution in [-0.2, 0) is 9.59 Å². The monoisotopic (exact) mass is 480 g/mol. The van der Waals surface area contributed by atoms with E-state index in [0.29, 0.717) is 20.8 Å². The highest BCUT2D eigenvalue weighted by Gasteiger charge is 2.48. The molecule has 1 aromatic heterocycles. The fourth-order valence-electron chi connectivity index (χ4n) is 3.79. The average molecular weight is 481 g/mol. The van der Waals surface area contributed by atoms with E-state index in [2.05, 4.69) is 4.98 Å². The van der Waals surface area contributed by atoms with E-state index in [-0.39, 0.29) is 22.0 Å². The lowest BCUT2D eigenvalue weighted by Crippen LogP contribution is -2.29. The fourth-order valence-corrected chi connectivity index (χ4v) is 5.06. The Balaban J connectivity index is 1.74. The Morgan fingerprint density at radius 1 is 1.06 bits per heavy atom. The molecular weight excluding hydrogens is 467 g/mol. The molecule has 0 saturated carbocycles. The molecule has 3 aromatic carbocycles. The normalized spacial score (nSPS) is 17.8. The minimum Gasteiger partial charge on any atom is -0.508 e. The van der Waals surface area contributed by atoms with E-state index in [1.165, 1.54) is 40.5 Å². The summed E-state index contributed by atoms with van der Waals surface area (Å²) in [4.78, 5) is 32.0. The van der Waals surface area contributed by atoms with Crippen LogP contribution in [0.2, 0.25) is 5.02 Å². The Kier molecular flexibility index (Phi) is 5.11. The molecule has 0 bridgehead atoms. The Morgan fingerprint density at radius 3 is 2.55 bits per heavy atom. The Hall–Kier alpha value is -3.75. The third-order valence-electron chi connectivity index (χ3n) is 5.29. The van der Waals surface area contributed by atoms with Gasteiger partial charge in [-0.2, -0.15) is 0 Å². The zero-order valence-electron chi connectivity index (χ0n) is 16.7. The van der Waals surface area contributed by atoms with Crippen molar-refractivity contribution in [3.8, 4) is 5.75 Å². The molecular formula is C24H14ClFN2O4S. The van der Waals surface area contributed by atoms with Gasteiger partial charge in [0, 0.05) is 10.6 Å². The number of hydrogen-bond acceptors (Lipinski definition) is 6. The van der Waals surface area contributed by atoms with Gasteiger partial charge in [0.1, 0.15) is 17.3 Å². The number of phenols is 1. The van der Waals surface area contributed by atoms with Gasteiger partial charge in [-0.05, 0) is 60.2 Å². The predicted molar refractivity (Wildman–Crippen MR) is 124 cm³/mol. The van der Waals surface area contributed by atoms with E-state index in [9.17, 15) is 24.2 Å². The zero-order chi connectivity index (χ0) is 23.3. The van der Waals surface area contributed by atoms with E-state index >= 15 is 0 Å². The zero-order valence-corrected chi connectivity index (χ0v) is 18.3. The SMILES string of the molecule is O=C1C(=O)N(c2nc3ccc(Cl)cc3s2)C(c2cccc(O)c2)C1=C(O)c1ccc(F)cc1. The van der Waals surface area contributed by atoms with Crippen LogP contribution in [0.4, 0.5) is 9.52 Å². The second kappa shape index (κ2) is 7.99. The number of anilines is 1. The van der Waals surface area contributed by atoms with Gasteiger partial charge in [0.25, 0.3) is 5.78 Å². The Morgan fingerprint density at radius 2 is 1.82 bits per heavy atom. The summed E-state index contributed by atoms with van der Waals surface area (Å²) in [5.74, 6) is -2.83. The molecule has 0 radical (unpaired) electrons. The van der Waals surface area contributed by atoms with Crippen LogP contribution >= 0.6 is 22.9 Å². The number of ketones is 1. The van der Waals surface area contributed by atoms with E-state index in [0.717, 1.165) is 12.1 Å². The maximum Gasteiger partial charge on any atom is 0.301 e. The van der Waals surface area contributed by atoms with E-state index in [4.69, 9.17) is 11.6 Å². The number of aliphatic hydroxyl groups is 1. The van der Waals surface area contributed by atoms with Crippen molar-refractivity contribution in [3.05, 3.63) is 94.3 Å². The van der Waals surface area contributed by atoms with Gasteiger partial charge in [-0.15, -0.1) is 0 Å². The first kappa shape index (κ1) is 21.1. The maximum atomic E-state index is 13.4. The first-order chi connectivity index (χ1) is 15.8. The molecule has 1 aliphatic rings. The number of nitrogens with zero attached hydrogens (tertiary/aromatic N) is 2. The minimum atomic E-state index is -1.06. The van der Waals surface area contributed by atoms with E-state index in [1.54, 1.807) is 30.3 Å². The second-order valence-electron chi connectivity index (χ2n) is 7.38. The lowest BCUT2D eigenvalue weighted by molar-refractivity contribution is -0.132. The molecule has 164 valence electrons. The first-order valence-corrected chi connectivity index (χ1v) is 10.9. The third-order valence-corrected chi connectivity index (χ3v) is 6.55. The van der Waals surface area contributed by atoms with Crippen molar-refractivity contribution in [2.24, 2.45) is 0 Å². The average Bonchev–Trinajstić information content (AvgIpc) is 3.32. The second-order valence-corrected chi connectivity index (χ2v) is 8.82. The number of amides is 1. The number of benzene rings is 3. The van der Waals surface area contributed by atoms with Crippen LogP contribution in [0.25, 0.3) is 16.0 Å². The summed E-state index contributed by atoms with van der Waals surface area (Å²) in [7, 11) is 0. The quantitative estimate of drug-likeness (QED) is 0.232. The molecule has 0 spiro atoms. The molecule has 2 N–H and O–H groups in total. The molecule has 0 aliphatic carbocycles. The molecule has 6 nitrogen and oxygen atoms in total. The molecule has 33 heavy (non-hydrogen) atoms. The number of aromatic hydroxyl groups is 1. The molecule has 5 rings (SSSR count). The van der Waals surface area contributed by atoms with Gasteiger partial charge in [-0.25, -0.2) is 9.37 Å². The summed E-state index contributed by atoms with van der Waals surface area (Å²) in [5, 5.41) is 21.8. The fraction of sp³-hybridized carbons (Fsp3) is 0.0417. The van der Waals surface area contributed by atoms with Crippen LogP contribution in [0.1, 0.15) is 17.2 Å². The van der Waals surface area contributed by atoms with Crippen LogP contribution in [0.15, 0.2) is 72.3 Å². The predicted octanol–water partition coefficient (Wildman–Crippen LogP) is 5.42. The van der Waals surface area contributed by atoms with Gasteiger partial charge in [0.05, 0.1) is 21.8 Å². The molecule has 4 aromatic rings. The van der Waals surface area contributed by atoms with Gasteiger partial charge in [-0.1, -0.05) is 35.1 Å². The van der Waals surface area contributed by atoms with Crippen LogP contribution in [-0.4, -0.2) is 26.9 Å². The lowest BCUT2D eigenvalue weighted by Gasteiger charge is -2.23. The lowest BCUT2D eigenvalue weighted by atomic mass is 9.95. The number of hydrogen-bond donors (Lipinski definition) is 2. The van der Waals surface area contributed by atoms with Crippen molar-refractivity contribution < 1.29 is 24.2 Å². The van der Waals surface area contributed by atoms with Crippen molar-refractivity contribution in [1.82, 2.24) is 4.98 Å². The van der Waals surface area contributed by atoms with Gasteiger partial charge < -0.3 is 10.2 Å². The number of aliphatic hydroxyl groups excluding tert-OH is 1. The van der Waals surface area contributed by atoms with Gasteiger partial charge in [-0.3, -0.25) is 14.5 Å². The molecule has 1 aliphatic heterocycles. The highest BCUT2D eigenvalue weighted by molar-refractivity contribution is 7.22. The number of phenolic OH excluding ortho intramolecular Hbond substituents is 1. The van der Waals surface area contributed by atoms with Crippen molar-refractivity contribution in [2.75, 3.05) is 4.90 Å². The van der Waals surface area contributed by atoms with Crippen LogP contribution in [0.3, 0.4) is 0 Å². The summed E-state index contributed by atoms with van der Waals surface area (Å²) < 4.78 is 14.1. The topological polar surface area (TPSA) is 90.7 Å². The largest absolute Gasteiger partial charge is 0.508 e. The molecule has 2 heterocycles. The van der Waals surface area contributed by atoms with Gasteiger partial charge in [0.2, 0.25) is 0 Å². The smallest absolute Gasteiger partial charge is 0.301 e. The Bertz CT molecular complexity index is 1470. The highest BCUT2D eigenvalue weighted by Crippen LogP contribution is 2.45. The van der Waals surface area contributed by atoms with Crippen molar-refractivity contribution in [2.45, 2.75) is 6.04 Å². The minimum absolute atomic E-state index is 0.0732. The number of Topliss-reactive ketones (excluding diaryl/α,β-unsaturated/α-hetero) is 1. The van der Waals surface area contributed by atoms with Crippen LogP contribution in [0, 0.1) is 5.82 Å². The van der Waals surface area contributed by atoms with Crippen LogP contribution < -0.4 is 4.90 Å². The molecule has 9 heteroatoms. The number of fused-ring (bicyclic) bond motifs is 1. The van der Waals surface area contributed by atoms with Gasteiger partial charge in [0.15, 0.2) is 5.13 Å². The van der Waals surface area contributed by atoms with Crippen molar-refractivity contribution >= 4 is 55.7 Å². The number of carbonyl (C=O) groups is 2. The number of halogens is 2. The number of thiazole rings is 1. The van der Waals surface area contributed by atoms with Gasteiger partial charge >= 0.3 is 5.91 Å². The number of aromatic nitrogens is 1. The summed E-state index contributed by atoms with van der Waals surface area (Å²) in [6, 6.07) is 15.0. The summed E-state index contributed by atoms with van der Waals surface area (Å²) in [6.45, 7) is 0. The van der Waals surface area contributed by atoms with E-state index < -0.39 is 29.3 Å².